The first-order valence-electron chi connectivity index (χ1n) is 7.19. The molecule has 2 aromatic rings. The lowest BCUT2D eigenvalue weighted by Crippen LogP contribution is -2.29. The fourth-order valence-electron chi connectivity index (χ4n) is 2.86. The molecule has 0 radical (unpaired) electrons. The maximum Gasteiger partial charge on any atom is 0.0710 e. The predicted octanol–water partition coefficient (Wildman–Crippen LogP) is 5.03. The highest BCUT2D eigenvalue weighted by Crippen LogP contribution is 2.37. The smallest absolute Gasteiger partial charge is 0.0710 e. The molecule has 1 unspecified atom stereocenters. The Morgan fingerprint density at radius 2 is 1.71 bits per heavy atom. The Hall–Kier alpha value is -0.680. The van der Waals surface area contributed by atoms with Crippen LogP contribution in [0.2, 0.25) is 0 Å². The highest BCUT2D eigenvalue weighted by atomic mass is 79.9. The molecule has 1 atom stereocenters. The van der Waals surface area contributed by atoms with Crippen LogP contribution in [-0.4, -0.2) is 0 Å². The van der Waals surface area contributed by atoms with Gasteiger partial charge in [-0.25, -0.2) is 5.43 Å². The molecule has 2 aromatic carbocycles. The molecule has 1 aliphatic carbocycles. The minimum absolute atomic E-state index is 0.00109. The van der Waals surface area contributed by atoms with Gasteiger partial charge in [-0.1, -0.05) is 62.5 Å². The summed E-state index contributed by atoms with van der Waals surface area (Å²) in [6, 6.07) is 15.0. The van der Waals surface area contributed by atoms with Crippen LogP contribution in [0.4, 0.5) is 0 Å². The van der Waals surface area contributed by atoms with Gasteiger partial charge in [0.25, 0.3) is 0 Å². The molecule has 0 aliphatic heterocycles. The van der Waals surface area contributed by atoms with Crippen LogP contribution in [0.1, 0.15) is 47.9 Å². The Labute approximate surface area is 142 Å². The van der Waals surface area contributed by atoms with E-state index in [9.17, 15) is 0 Å². The standard InChI is InChI=1S/C17H18Br2N2/c18-15-8-14(9-16(19)10-15)17(21-20)13-6-2-5-12(7-13)11-3-1-4-11/h2,5-11,17,21H,1,3-4,20H2. The van der Waals surface area contributed by atoms with Gasteiger partial charge in [-0.2, -0.15) is 0 Å². The molecule has 3 rings (SSSR count). The molecule has 1 fully saturated rings. The first-order valence-corrected chi connectivity index (χ1v) is 8.78. The van der Waals surface area contributed by atoms with E-state index < -0.39 is 0 Å². The number of nitrogens with two attached hydrogens (primary N) is 1. The summed E-state index contributed by atoms with van der Waals surface area (Å²) in [7, 11) is 0. The van der Waals surface area contributed by atoms with E-state index >= 15 is 0 Å². The first-order chi connectivity index (χ1) is 10.2. The van der Waals surface area contributed by atoms with Gasteiger partial charge in [-0.05, 0) is 53.6 Å². The van der Waals surface area contributed by atoms with Gasteiger partial charge in [0.1, 0.15) is 0 Å². The van der Waals surface area contributed by atoms with Crippen LogP contribution < -0.4 is 11.3 Å². The Bertz CT molecular complexity index is 618. The van der Waals surface area contributed by atoms with Crippen LogP contribution in [0.15, 0.2) is 51.4 Å². The van der Waals surface area contributed by atoms with Gasteiger partial charge >= 0.3 is 0 Å². The van der Waals surface area contributed by atoms with Crippen molar-refractivity contribution in [3.63, 3.8) is 0 Å². The Kier molecular flexibility index (Phi) is 4.79. The number of nitrogens with one attached hydrogen (secondary N) is 1. The van der Waals surface area contributed by atoms with Crippen LogP contribution in [0.5, 0.6) is 0 Å². The van der Waals surface area contributed by atoms with Crippen molar-refractivity contribution < 1.29 is 0 Å². The second kappa shape index (κ2) is 6.61. The van der Waals surface area contributed by atoms with E-state index in [0.29, 0.717) is 0 Å². The normalized spacial score (nSPS) is 16.5. The molecule has 3 N–H and O–H groups in total. The zero-order valence-electron chi connectivity index (χ0n) is 11.7. The summed E-state index contributed by atoms with van der Waals surface area (Å²) in [5, 5.41) is 0. The van der Waals surface area contributed by atoms with E-state index in [-0.39, 0.29) is 6.04 Å². The summed E-state index contributed by atoms with van der Waals surface area (Å²) in [5.41, 5.74) is 6.75. The van der Waals surface area contributed by atoms with Crippen LogP contribution in [0, 0.1) is 0 Å². The highest BCUT2D eigenvalue weighted by molar-refractivity contribution is 9.11. The Balaban J connectivity index is 1.95. The second-order valence-electron chi connectivity index (χ2n) is 5.60. The largest absolute Gasteiger partial charge is 0.271 e. The molecule has 0 saturated heterocycles. The minimum atomic E-state index is -0.00109. The van der Waals surface area contributed by atoms with Gasteiger partial charge < -0.3 is 0 Å². The van der Waals surface area contributed by atoms with Crippen molar-refractivity contribution in [1.29, 1.82) is 0 Å². The lowest BCUT2D eigenvalue weighted by Gasteiger charge is -2.27. The zero-order chi connectivity index (χ0) is 14.8. The molecule has 21 heavy (non-hydrogen) atoms. The number of hydrogen-bond donors (Lipinski definition) is 2. The predicted molar refractivity (Wildman–Crippen MR) is 94.0 cm³/mol. The van der Waals surface area contributed by atoms with Gasteiger partial charge in [0, 0.05) is 8.95 Å². The summed E-state index contributed by atoms with van der Waals surface area (Å²) in [5.74, 6) is 6.56. The number of halogens is 2. The van der Waals surface area contributed by atoms with Gasteiger partial charge in [0.2, 0.25) is 0 Å². The van der Waals surface area contributed by atoms with E-state index in [1.165, 1.54) is 30.4 Å². The molecule has 0 aromatic heterocycles. The maximum atomic E-state index is 5.83. The van der Waals surface area contributed by atoms with Gasteiger partial charge in [-0.3, -0.25) is 5.84 Å². The van der Waals surface area contributed by atoms with Crippen LogP contribution >= 0.6 is 31.9 Å². The number of hydrazine groups is 1. The molecule has 0 heterocycles. The molecule has 0 spiro atoms. The van der Waals surface area contributed by atoms with E-state index in [1.54, 1.807) is 0 Å². The van der Waals surface area contributed by atoms with Crippen LogP contribution in [-0.2, 0) is 0 Å². The maximum absolute atomic E-state index is 5.83. The van der Waals surface area contributed by atoms with Crippen molar-refractivity contribution in [2.24, 2.45) is 5.84 Å². The van der Waals surface area contributed by atoms with E-state index in [0.717, 1.165) is 20.4 Å². The number of hydrogen-bond acceptors (Lipinski definition) is 2. The SMILES string of the molecule is NNC(c1cc(Br)cc(Br)c1)c1cccc(C2CCC2)c1. The molecule has 2 nitrogen and oxygen atoms in total. The summed E-state index contributed by atoms with van der Waals surface area (Å²) >= 11 is 7.08. The molecule has 1 saturated carbocycles. The van der Waals surface area contributed by atoms with Crippen molar-refractivity contribution in [2.45, 2.75) is 31.2 Å². The lowest BCUT2D eigenvalue weighted by molar-refractivity contribution is 0.419. The van der Waals surface area contributed by atoms with Crippen molar-refractivity contribution in [1.82, 2.24) is 5.43 Å². The molecule has 110 valence electrons. The number of benzene rings is 2. The molecular weight excluding hydrogens is 392 g/mol. The van der Waals surface area contributed by atoms with E-state index in [1.807, 2.05) is 6.07 Å². The highest BCUT2D eigenvalue weighted by Gasteiger charge is 2.21. The summed E-state index contributed by atoms with van der Waals surface area (Å²) in [4.78, 5) is 0. The third kappa shape index (κ3) is 3.39. The van der Waals surface area contributed by atoms with Crippen molar-refractivity contribution >= 4 is 31.9 Å². The van der Waals surface area contributed by atoms with Crippen molar-refractivity contribution in [3.8, 4) is 0 Å². The van der Waals surface area contributed by atoms with Gasteiger partial charge in [0.05, 0.1) is 6.04 Å². The minimum Gasteiger partial charge on any atom is -0.271 e. The molecular formula is C17H18Br2N2. The Morgan fingerprint density at radius 3 is 2.29 bits per heavy atom. The van der Waals surface area contributed by atoms with Crippen LogP contribution in [0.3, 0.4) is 0 Å². The van der Waals surface area contributed by atoms with E-state index in [4.69, 9.17) is 5.84 Å². The van der Waals surface area contributed by atoms with Crippen molar-refractivity contribution in [2.75, 3.05) is 0 Å². The molecule has 0 bridgehead atoms. The average molecular weight is 410 g/mol. The van der Waals surface area contributed by atoms with Gasteiger partial charge in [0.15, 0.2) is 0 Å². The summed E-state index contributed by atoms with van der Waals surface area (Å²) < 4.78 is 2.09. The monoisotopic (exact) mass is 408 g/mol. The fourth-order valence-corrected chi connectivity index (χ4v) is 4.19. The zero-order valence-corrected chi connectivity index (χ0v) is 14.8. The van der Waals surface area contributed by atoms with E-state index in [2.05, 4.69) is 73.7 Å². The Morgan fingerprint density at radius 1 is 1.00 bits per heavy atom. The topological polar surface area (TPSA) is 38.0 Å². The fraction of sp³-hybridized carbons (Fsp3) is 0.294. The third-order valence-corrected chi connectivity index (χ3v) is 5.12. The third-order valence-electron chi connectivity index (χ3n) is 4.21. The summed E-state index contributed by atoms with van der Waals surface area (Å²) in [6.45, 7) is 0. The second-order valence-corrected chi connectivity index (χ2v) is 7.43. The molecule has 1 aliphatic rings. The van der Waals surface area contributed by atoms with Crippen molar-refractivity contribution in [3.05, 3.63) is 68.1 Å². The van der Waals surface area contributed by atoms with Crippen LogP contribution in [0.25, 0.3) is 0 Å². The molecule has 4 heteroatoms. The number of rotatable bonds is 4. The molecule has 0 amide bonds. The van der Waals surface area contributed by atoms with Gasteiger partial charge in [-0.15, -0.1) is 0 Å². The quantitative estimate of drug-likeness (QED) is 0.548. The summed E-state index contributed by atoms with van der Waals surface area (Å²) in [6.07, 6.45) is 3.98. The lowest BCUT2D eigenvalue weighted by atomic mass is 9.79. The average Bonchev–Trinajstić information content (AvgIpc) is 2.37. The first kappa shape index (κ1) is 15.2.